The molecule has 0 rings (SSSR count). The van der Waals surface area contributed by atoms with Gasteiger partial charge < -0.3 is 15.6 Å². The molecule has 88 valence electrons. The van der Waals surface area contributed by atoms with Gasteiger partial charge in [0.1, 0.15) is 12.9 Å². The van der Waals surface area contributed by atoms with Crippen LogP contribution in [0.25, 0.3) is 0 Å². The molecule has 4 nitrogen and oxygen atoms in total. The van der Waals surface area contributed by atoms with E-state index >= 15 is 0 Å². The molecule has 3 N–H and O–H groups in total. The lowest BCUT2D eigenvalue weighted by atomic mass is 10.3. The summed E-state index contributed by atoms with van der Waals surface area (Å²) in [6, 6.07) is 0. The minimum Gasteiger partial charge on any atom is -0.493 e. The fourth-order valence-corrected chi connectivity index (χ4v) is 0.864. The maximum Gasteiger partial charge on any atom is 0.272 e. The zero-order valence-corrected chi connectivity index (χ0v) is 8.75. The predicted octanol–water partition coefficient (Wildman–Crippen LogP) is 1.44. The van der Waals surface area contributed by atoms with Gasteiger partial charge >= 0.3 is 0 Å². The number of alkyl halides is 2. The highest BCUT2D eigenvalue weighted by Crippen LogP contribution is 2.08. The first kappa shape index (κ1) is 14.1. The molecule has 0 aromatic carbocycles. The number of nitrogens with zero attached hydrogens (tertiary/aromatic N) is 1. The second-order valence-corrected chi connectivity index (χ2v) is 2.98. The second-order valence-electron chi connectivity index (χ2n) is 2.60. The van der Waals surface area contributed by atoms with Crippen LogP contribution in [-0.4, -0.2) is 30.0 Å². The summed E-state index contributed by atoms with van der Waals surface area (Å²) in [7, 11) is 0. The van der Waals surface area contributed by atoms with Crippen LogP contribution in [0.15, 0.2) is 17.0 Å². The minimum atomic E-state index is -2.54. The lowest BCUT2D eigenvalue weighted by Crippen LogP contribution is -2.04. The average Bonchev–Trinajstić information content (AvgIpc) is 2.12. The molecule has 0 heterocycles. The summed E-state index contributed by atoms with van der Waals surface area (Å²) >= 11 is 5.31. The van der Waals surface area contributed by atoms with Crippen molar-refractivity contribution in [1.29, 1.82) is 0 Å². The third-order valence-electron chi connectivity index (χ3n) is 1.28. The van der Waals surface area contributed by atoms with E-state index in [1.165, 1.54) is 0 Å². The van der Waals surface area contributed by atoms with Crippen molar-refractivity contribution >= 4 is 16.9 Å². The Labute approximate surface area is 91.4 Å². The van der Waals surface area contributed by atoms with E-state index in [2.05, 4.69) is 9.73 Å². The van der Waals surface area contributed by atoms with Crippen molar-refractivity contribution in [3.05, 3.63) is 12.0 Å². The summed E-state index contributed by atoms with van der Waals surface area (Å²) in [5, 5.41) is 8.35. The summed E-state index contributed by atoms with van der Waals surface area (Å²) < 4.78 is 28.0. The largest absolute Gasteiger partial charge is 0.493 e. The van der Waals surface area contributed by atoms with Crippen LogP contribution in [0.5, 0.6) is 0 Å². The molecule has 0 aromatic heterocycles. The Balaban J connectivity index is 4.15. The van der Waals surface area contributed by atoms with Crippen LogP contribution < -0.4 is 5.73 Å². The van der Waals surface area contributed by atoms with Crippen molar-refractivity contribution in [2.75, 3.05) is 13.2 Å². The average molecular weight is 243 g/mol. The lowest BCUT2D eigenvalue weighted by Gasteiger charge is -2.03. The third-order valence-corrected chi connectivity index (χ3v) is 1.37. The van der Waals surface area contributed by atoms with Crippen molar-refractivity contribution in [2.24, 2.45) is 10.7 Å². The van der Waals surface area contributed by atoms with E-state index in [1.807, 2.05) is 0 Å². The first-order valence-corrected chi connectivity index (χ1v) is 4.63. The van der Waals surface area contributed by atoms with Gasteiger partial charge in [0, 0.05) is 6.61 Å². The van der Waals surface area contributed by atoms with Crippen LogP contribution in [0.1, 0.15) is 12.8 Å². The fourth-order valence-electron chi connectivity index (χ4n) is 0.756. The number of allylic oxidation sites excluding steroid dienone is 1. The van der Waals surface area contributed by atoms with Crippen molar-refractivity contribution in [3.63, 3.8) is 0 Å². The number of hydrogen-bond donors (Lipinski definition) is 2. The van der Waals surface area contributed by atoms with Crippen LogP contribution in [-0.2, 0) is 4.74 Å². The van der Waals surface area contributed by atoms with Crippen LogP contribution in [0.2, 0.25) is 0 Å². The molecule has 0 aromatic rings. The molecule has 0 aliphatic carbocycles. The van der Waals surface area contributed by atoms with Crippen LogP contribution >= 0.6 is 11.6 Å². The Kier molecular flexibility index (Phi) is 7.94. The summed E-state index contributed by atoms with van der Waals surface area (Å²) in [5.74, 6) is 0. The Morgan fingerprint density at radius 3 is 2.73 bits per heavy atom. The van der Waals surface area contributed by atoms with E-state index in [1.54, 1.807) is 0 Å². The van der Waals surface area contributed by atoms with E-state index < -0.39 is 13.0 Å². The molecule has 7 heteroatoms. The van der Waals surface area contributed by atoms with E-state index in [-0.39, 0.29) is 11.9 Å². The summed E-state index contributed by atoms with van der Waals surface area (Å²) in [4.78, 5) is 3.65. The van der Waals surface area contributed by atoms with Gasteiger partial charge in [-0.05, 0) is 24.4 Å². The SMILES string of the molecule is NC(Cl)=N/C(=C/OCC(F)F)CCCO. The number of aliphatic imine (C=N–C) groups is 1. The van der Waals surface area contributed by atoms with E-state index in [9.17, 15) is 8.78 Å². The molecule has 0 bridgehead atoms. The van der Waals surface area contributed by atoms with Crippen molar-refractivity contribution in [2.45, 2.75) is 19.3 Å². The summed E-state index contributed by atoms with van der Waals surface area (Å²) in [5.41, 5.74) is 5.42. The number of halogens is 3. The normalized spacial score (nSPS) is 13.4. The van der Waals surface area contributed by atoms with Gasteiger partial charge in [0.15, 0.2) is 5.29 Å². The second kappa shape index (κ2) is 8.43. The van der Waals surface area contributed by atoms with Crippen molar-refractivity contribution < 1.29 is 18.6 Å². The van der Waals surface area contributed by atoms with Gasteiger partial charge in [-0.3, -0.25) is 0 Å². The molecule has 0 radical (unpaired) electrons. The molecule has 0 aliphatic heterocycles. The Hall–Kier alpha value is -0.880. The van der Waals surface area contributed by atoms with Gasteiger partial charge in [0.2, 0.25) is 0 Å². The highest BCUT2D eigenvalue weighted by Gasteiger charge is 2.02. The van der Waals surface area contributed by atoms with E-state index in [0.29, 0.717) is 18.5 Å². The number of aliphatic hydroxyl groups excluding tert-OH is 1. The predicted molar refractivity (Wildman–Crippen MR) is 53.8 cm³/mol. The highest BCUT2D eigenvalue weighted by atomic mass is 35.5. The smallest absolute Gasteiger partial charge is 0.272 e. The monoisotopic (exact) mass is 242 g/mol. The number of aliphatic hydroxyl groups is 1. The summed E-state index contributed by atoms with van der Waals surface area (Å²) in [6.07, 6.45) is -0.695. The van der Waals surface area contributed by atoms with Gasteiger partial charge in [-0.2, -0.15) is 0 Å². The number of ether oxygens (including phenoxy) is 1. The molecule has 0 spiro atoms. The first-order chi connectivity index (χ1) is 7.06. The Bertz CT molecular complexity index is 231. The molecule has 0 amide bonds. The van der Waals surface area contributed by atoms with Gasteiger partial charge in [-0.25, -0.2) is 13.8 Å². The van der Waals surface area contributed by atoms with Crippen molar-refractivity contribution in [3.8, 4) is 0 Å². The van der Waals surface area contributed by atoms with Crippen LogP contribution in [0.4, 0.5) is 8.78 Å². The molecule has 0 unspecified atom stereocenters. The van der Waals surface area contributed by atoms with E-state index in [0.717, 1.165) is 6.26 Å². The highest BCUT2D eigenvalue weighted by molar-refractivity contribution is 6.64. The molecular formula is C8H13ClF2N2O2. The van der Waals surface area contributed by atoms with Gasteiger partial charge in [-0.1, -0.05) is 0 Å². The van der Waals surface area contributed by atoms with Gasteiger partial charge in [-0.15, -0.1) is 0 Å². The van der Waals surface area contributed by atoms with Gasteiger partial charge in [0.05, 0.1) is 5.70 Å². The zero-order valence-electron chi connectivity index (χ0n) is 8.00. The Morgan fingerprint density at radius 1 is 1.60 bits per heavy atom. The third kappa shape index (κ3) is 9.42. The maximum atomic E-state index is 11.7. The molecule has 15 heavy (non-hydrogen) atoms. The number of amidine groups is 1. The lowest BCUT2D eigenvalue weighted by molar-refractivity contribution is 0.0593. The number of nitrogens with two attached hydrogens (primary N) is 1. The molecular weight excluding hydrogens is 230 g/mol. The number of rotatable bonds is 7. The zero-order chi connectivity index (χ0) is 11.7. The Morgan fingerprint density at radius 2 is 2.27 bits per heavy atom. The van der Waals surface area contributed by atoms with Crippen molar-refractivity contribution in [1.82, 2.24) is 0 Å². The quantitative estimate of drug-likeness (QED) is 0.307. The van der Waals surface area contributed by atoms with Crippen LogP contribution in [0, 0.1) is 0 Å². The molecule has 0 aliphatic rings. The summed E-state index contributed by atoms with van der Waals surface area (Å²) in [6.45, 7) is -0.746. The molecule has 0 saturated heterocycles. The molecule has 0 saturated carbocycles. The molecule has 0 fully saturated rings. The molecule has 0 atom stereocenters. The van der Waals surface area contributed by atoms with Gasteiger partial charge in [0.25, 0.3) is 6.43 Å². The maximum absolute atomic E-state index is 11.7. The van der Waals surface area contributed by atoms with Crippen LogP contribution in [0.3, 0.4) is 0 Å². The standard InChI is InChI=1S/C8H13ClF2N2O2/c9-8(12)13-6(2-1-3-14)4-15-5-7(10)11/h4,7,14H,1-3,5H2,(H2,12,13)/b6-4+. The fraction of sp³-hybridized carbons (Fsp3) is 0.625. The van der Waals surface area contributed by atoms with E-state index in [4.69, 9.17) is 22.4 Å². The first-order valence-electron chi connectivity index (χ1n) is 4.25. The topological polar surface area (TPSA) is 67.8 Å². The minimum absolute atomic E-state index is 0.0378. The number of hydrogen-bond acceptors (Lipinski definition) is 3.